The minimum Gasteiger partial charge on any atom is -0.508 e. The first-order valence-corrected chi connectivity index (χ1v) is 14.3. The molecule has 35 heavy (non-hydrogen) atoms. The van der Waals surface area contributed by atoms with E-state index in [9.17, 15) is 18.3 Å². The van der Waals surface area contributed by atoms with Crippen molar-refractivity contribution in [2.24, 2.45) is 22.4 Å². The van der Waals surface area contributed by atoms with Crippen molar-refractivity contribution in [2.75, 3.05) is 0 Å². The topological polar surface area (TPSA) is 107 Å². The highest BCUT2D eigenvalue weighted by Gasteiger charge is 2.56. The summed E-state index contributed by atoms with van der Waals surface area (Å²) < 4.78 is 28.9. The van der Waals surface area contributed by atoms with Crippen molar-refractivity contribution in [3.8, 4) is 5.75 Å². The van der Waals surface area contributed by atoms with Gasteiger partial charge in [-0.3, -0.25) is 4.79 Å². The molecule has 5 rings (SSSR count). The van der Waals surface area contributed by atoms with Gasteiger partial charge in [0.05, 0.1) is 4.90 Å². The van der Waals surface area contributed by atoms with Gasteiger partial charge < -0.3 is 9.84 Å². The minimum absolute atomic E-state index is 0.0174. The normalized spacial score (nSPS) is 29.7. The molecule has 2 aromatic rings. The van der Waals surface area contributed by atoms with E-state index in [0.29, 0.717) is 42.8 Å². The van der Waals surface area contributed by atoms with Crippen molar-refractivity contribution in [3.05, 3.63) is 59.2 Å². The molecule has 0 heterocycles. The largest absolute Gasteiger partial charge is 0.508 e. The first-order chi connectivity index (χ1) is 16.6. The van der Waals surface area contributed by atoms with Crippen LogP contribution in [0.5, 0.6) is 5.75 Å². The molecule has 7 heteroatoms. The second-order valence-corrected chi connectivity index (χ2v) is 12.5. The van der Waals surface area contributed by atoms with E-state index in [-0.39, 0.29) is 22.4 Å². The quantitative estimate of drug-likeness (QED) is 0.556. The second-order valence-electron chi connectivity index (χ2n) is 10.9. The summed E-state index contributed by atoms with van der Waals surface area (Å²) in [7, 11) is -3.69. The zero-order valence-corrected chi connectivity index (χ0v) is 21.1. The zero-order chi connectivity index (χ0) is 24.8. The molecule has 0 aromatic heterocycles. The van der Waals surface area contributed by atoms with E-state index in [1.54, 1.807) is 12.1 Å². The standard InChI is InChI=1S/C28H35NO5S/c1-28-16-15-23-22-12-8-20(30)17-19(22)7-11-24(23)25(28)13-14-26(28)34-27(31)4-2-3-18-5-9-21(10-6-18)35(29,32)33/h5-6,8-10,12,17,23-26,30H,2-4,7,11,13-16H2,1H3,(H2,29,32,33)/t23?,24?,25?,26-,28-/m0/s1. The summed E-state index contributed by atoms with van der Waals surface area (Å²) in [6.07, 6.45) is 8.07. The Balaban J connectivity index is 1.17. The number of ether oxygens (including phenoxy) is 1. The van der Waals surface area contributed by atoms with Gasteiger partial charge in [0.1, 0.15) is 11.9 Å². The van der Waals surface area contributed by atoms with Crippen molar-refractivity contribution in [1.29, 1.82) is 0 Å². The molecule has 0 radical (unpaired) electrons. The van der Waals surface area contributed by atoms with Crippen LogP contribution in [0, 0.1) is 17.3 Å². The molecular weight excluding hydrogens is 462 g/mol. The van der Waals surface area contributed by atoms with Gasteiger partial charge in [0, 0.05) is 11.8 Å². The van der Waals surface area contributed by atoms with E-state index < -0.39 is 10.0 Å². The number of carbonyl (C=O) groups is 1. The molecule has 3 aliphatic rings. The van der Waals surface area contributed by atoms with Crippen molar-refractivity contribution >= 4 is 16.0 Å². The number of phenolic OH excluding ortho intramolecular Hbond substituents is 1. The van der Waals surface area contributed by atoms with E-state index in [0.717, 1.165) is 44.1 Å². The Hall–Kier alpha value is -2.38. The van der Waals surface area contributed by atoms with Crippen LogP contribution in [0.2, 0.25) is 0 Å². The van der Waals surface area contributed by atoms with Gasteiger partial charge in [-0.15, -0.1) is 0 Å². The first-order valence-electron chi connectivity index (χ1n) is 12.8. The van der Waals surface area contributed by atoms with Gasteiger partial charge in [-0.25, -0.2) is 13.6 Å². The molecule has 2 aromatic carbocycles. The third-order valence-corrected chi connectivity index (χ3v) is 9.92. The maximum Gasteiger partial charge on any atom is 0.306 e. The fourth-order valence-corrected chi connectivity index (χ4v) is 7.73. The van der Waals surface area contributed by atoms with Crippen LogP contribution in [0.1, 0.15) is 74.5 Å². The first kappa shape index (κ1) is 24.3. The highest BCUT2D eigenvalue weighted by Crippen LogP contribution is 2.61. The number of esters is 1. The van der Waals surface area contributed by atoms with Crippen LogP contribution in [0.3, 0.4) is 0 Å². The number of nitrogens with two attached hydrogens (primary N) is 1. The lowest BCUT2D eigenvalue weighted by atomic mass is 9.55. The molecule has 3 aliphatic carbocycles. The number of hydrogen-bond acceptors (Lipinski definition) is 5. The van der Waals surface area contributed by atoms with Crippen LogP contribution >= 0.6 is 0 Å². The number of aryl methyl sites for hydroxylation is 2. The van der Waals surface area contributed by atoms with Crippen molar-refractivity contribution < 1.29 is 23.1 Å². The van der Waals surface area contributed by atoms with Gasteiger partial charge in [0.15, 0.2) is 0 Å². The Morgan fingerprint density at radius 1 is 1.11 bits per heavy atom. The summed E-state index contributed by atoms with van der Waals surface area (Å²) in [5.74, 6) is 1.96. The highest BCUT2D eigenvalue weighted by molar-refractivity contribution is 7.89. The number of primary sulfonamides is 1. The highest BCUT2D eigenvalue weighted by atomic mass is 32.2. The molecule has 5 atom stereocenters. The number of phenols is 1. The summed E-state index contributed by atoms with van der Waals surface area (Å²) in [4.78, 5) is 12.8. The third-order valence-electron chi connectivity index (χ3n) is 9.00. The SMILES string of the molecule is C[C@]12CCC3c4ccc(O)cc4CCC3C1CC[C@@H]2OC(=O)CCCc1ccc(S(N)(=O)=O)cc1. The average Bonchev–Trinajstić information content (AvgIpc) is 3.14. The second kappa shape index (κ2) is 9.25. The molecule has 0 amide bonds. The lowest BCUT2D eigenvalue weighted by Gasteiger charge is -2.50. The number of aromatic hydroxyl groups is 1. The number of sulfonamides is 1. The molecular formula is C28H35NO5S. The van der Waals surface area contributed by atoms with Crippen LogP contribution in [0.25, 0.3) is 0 Å². The maximum absolute atomic E-state index is 12.7. The van der Waals surface area contributed by atoms with Crippen LogP contribution in [0.4, 0.5) is 0 Å². The maximum atomic E-state index is 12.7. The summed E-state index contributed by atoms with van der Waals surface area (Å²) in [5, 5.41) is 15.0. The fourth-order valence-electron chi connectivity index (χ4n) is 7.21. The Labute approximate surface area is 207 Å². The lowest BCUT2D eigenvalue weighted by molar-refractivity contribution is -0.157. The van der Waals surface area contributed by atoms with Crippen LogP contribution in [-0.4, -0.2) is 25.6 Å². The molecule has 2 fully saturated rings. The monoisotopic (exact) mass is 497 g/mol. The van der Waals surface area contributed by atoms with E-state index in [1.165, 1.54) is 23.3 Å². The Morgan fingerprint density at radius 2 is 1.89 bits per heavy atom. The Morgan fingerprint density at radius 3 is 2.63 bits per heavy atom. The molecule has 6 nitrogen and oxygen atoms in total. The Bertz CT molecular complexity index is 1210. The number of benzene rings is 2. The van der Waals surface area contributed by atoms with Crippen molar-refractivity contribution in [3.63, 3.8) is 0 Å². The lowest BCUT2D eigenvalue weighted by Crippen LogP contribution is -2.45. The van der Waals surface area contributed by atoms with Gasteiger partial charge in [-0.05, 0) is 110 Å². The molecule has 2 saturated carbocycles. The number of rotatable bonds is 6. The molecule has 3 unspecified atom stereocenters. The minimum atomic E-state index is -3.69. The zero-order valence-electron chi connectivity index (χ0n) is 20.3. The number of fused-ring (bicyclic) bond motifs is 5. The van der Waals surface area contributed by atoms with Crippen molar-refractivity contribution in [1.82, 2.24) is 0 Å². The van der Waals surface area contributed by atoms with Gasteiger partial charge in [-0.1, -0.05) is 25.1 Å². The van der Waals surface area contributed by atoms with Crippen molar-refractivity contribution in [2.45, 2.75) is 81.6 Å². The van der Waals surface area contributed by atoms with Crippen LogP contribution in [0.15, 0.2) is 47.4 Å². The van der Waals surface area contributed by atoms with E-state index >= 15 is 0 Å². The summed E-state index contributed by atoms with van der Waals surface area (Å²) in [5.41, 5.74) is 3.73. The van der Waals surface area contributed by atoms with E-state index in [2.05, 4.69) is 13.0 Å². The van der Waals surface area contributed by atoms with Gasteiger partial charge in [0.25, 0.3) is 0 Å². The van der Waals surface area contributed by atoms with E-state index in [4.69, 9.17) is 9.88 Å². The fraction of sp³-hybridized carbons (Fsp3) is 0.536. The predicted octanol–water partition coefficient (Wildman–Crippen LogP) is 4.83. The van der Waals surface area contributed by atoms with Crippen LogP contribution < -0.4 is 5.14 Å². The molecule has 0 aliphatic heterocycles. The molecule has 3 N–H and O–H groups in total. The number of carbonyl (C=O) groups excluding carboxylic acids is 1. The number of hydrogen-bond donors (Lipinski definition) is 2. The van der Waals surface area contributed by atoms with Crippen LogP contribution in [-0.2, 0) is 32.4 Å². The van der Waals surface area contributed by atoms with E-state index in [1.807, 2.05) is 12.1 Å². The van der Waals surface area contributed by atoms with Gasteiger partial charge >= 0.3 is 5.97 Å². The Kier molecular flexibility index (Phi) is 6.43. The van der Waals surface area contributed by atoms with Gasteiger partial charge in [0.2, 0.25) is 10.0 Å². The smallest absolute Gasteiger partial charge is 0.306 e. The molecule has 0 saturated heterocycles. The molecule has 188 valence electrons. The molecule has 0 bridgehead atoms. The summed E-state index contributed by atoms with van der Waals surface area (Å²) >= 11 is 0. The molecule has 0 spiro atoms. The van der Waals surface area contributed by atoms with Gasteiger partial charge in [-0.2, -0.15) is 0 Å². The average molecular weight is 498 g/mol. The predicted molar refractivity (Wildman–Crippen MR) is 133 cm³/mol. The summed E-state index contributed by atoms with van der Waals surface area (Å²) in [6, 6.07) is 12.4. The summed E-state index contributed by atoms with van der Waals surface area (Å²) in [6.45, 7) is 2.33. The third kappa shape index (κ3) is 4.73.